The van der Waals surface area contributed by atoms with Crippen molar-refractivity contribution < 1.29 is 0 Å². The third-order valence-corrected chi connectivity index (χ3v) is 5.29. The van der Waals surface area contributed by atoms with Crippen LogP contribution in [0.2, 0.25) is 5.15 Å². The molecule has 0 unspecified atom stereocenters. The van der Waals surface area contributed by atoms with Crippen molar-refractivity contribution in [3.8, 4) is 11.4 Å². The number of thioether (sulfide) groups is 1. The Bertz CT molecular complexity index is 777. The van der Waals surface area contributed by atoms with Crippen LogP contribution in [0, 0.1) is 0 Å². The van der Waals surface area contributed by atoms with Crippen molar-refractivity contribution >= 4 is 64.7 Å². The van der Waals surface area contributed by atoms with E-state index in [0.717, 1.165) is 21.6 Å². The van der Waals surface area contributed by atoms with E-state index in [1.165, 1.54) is 0 Å². The van der Waals surface area contributed by atoms with Crippen LogP contribution in [0.25, 0.3) is 22.4 Å². The Morgan fingerprint density at radius 1 is 1.30 bits per heavy atom. The van der Waals surface area contributed by atoms with Gasteiger partial charge in [-0.3, -0.25) is 3.97 Å². The molecule has 0 amide bonds. The van der Waals surface area contributed by atoms with Crippen molar-refractivity contribution in [1.82, 2.24) is 18.9 Å². The van der Waals surface area contributed by atoms with Crippen LogP contribution in [0.4, 0.5) is 0 Å². The lowest BCUT2D eigenvalue weighted by molar-refractivity contribution is 1.06. The second-order valence-corrected chi connectivity index (χ2v) is 6.79. The molecule has 0 aromatic carbocycles. The fourth-order valence-corrected chi connectivity index (χ4v) is 3.81. The normalized spacial score (nSPS) is 11.2. The summed E-state index contributed by atoms with van der Waals surface area (Å²) in [4.78, 5) is 13.3. The van der Waals surface area contributed by atoms with Crippen molar-refractivity contribution in [2.45, 2.75) is 5.03 Å². The highest BCUT2D eigenvalue weighted by atomic mass is 127. The molecule has 0 aliphatic heterocycles. The zero-order chi connectivity index (χ0) is 14.1. The monoisotopic (exact) mass is 434 g/mol. The van der Waals surface area contributed by atoms with Crippen molar-refractivity contribution in [2.75, 3.05) is 6.26 Å². The van der Waals surface area contributed by atoms with E-state index in [2.05, 4.69) is 36.2 Å². The van der Waals surface area contributed by atoms with Gasteiger partial charge in [0.05, 0.1) is 0 Å². The van der Waals surface area contributed by atoms with E-state index < -0.39 is 0 Å². The van der Waals surface area contributed by atoms with Crippen molar-refractivity contribution in [3.63, 3.8) is 0 Å². The van der Waals surface area contributed by atoms with Gasteiger partial charge in [-0.05, 0) is 18.4 Å². The minimum atomic E-state index is 0.451. The number of halogens is 2. The van der Waals surface area contributed by atoms with Gasteiger partial charge in [-0.1, -0.05) is 11.6 Å². The topological polar surface area (TPSA) is 43.6 Å². The van der Waals surface area contributed by atoms with Crippen molar-refractivity contribution in [1.29, 1.82) is 0 Å². The van der Waals surface area contributed by atoms with Crippen LogP contribution in [0.3, 0.4) is 0 Å². The summed E-state index contributed by atoms with van der Waals surface area (Å²) in [7, 11) is 1.57. The second-order valence-electron chi connectivity index (χ2n) is 3.86. The van der Waals surface area contributed by atoms with Crippen LogP contribution < -0.4 is 0 Å². The summed E-state index contributed by atoms with van der Waals surface area (Å²) in [5.41, 5.74) is 1.84. The first-order valence-corrected chi connectivity index (χ1v) is 10.5. The minimum absolute atomic E-state index is 0.451. The smallest absolute Gasteiger partial charge is 0.162 e. The van der Waals surface area contributed by atoms with Crippen LogP contribution in [0.1, 0.15) is 0 Å². The Morgan fingerprint density at radius 2 is 2.15 bits per heavy atom. The van der Waals surface area contributed by atoms with Crippen molar-refractivity contribution in [3.05, 3.63) is 35.7 Å². The van der Waals surface area contributed by atoms with Crippen LogP contribution in [-0.2, 0) is 0 Å². The molecule has 20 heavy (non-hydrogen) atoms. The first-order valence-electron chi connectivity index (χ1n) is 5.57. The lowest BCUT2D eigenvalue weighted by Gasteiger charge is -2.05. The minimum Gasteiger partial charge on any atom is -0.266 e. The zero-order valence-electron chi connectivity index (χ0n) is 10.2. The van der Waals surface area contributed by atoms with Crippen molar-refractivity contribution in [2.24, 2.45) is 0 Å². The molecule has 0 N–H and O–H groups in total. The highest BCUT2D eigenvalue weighted by molar-refractivity contribution is 14.2. The first kappa shape index (κ1) is 14.4. The highest BCUT2D eigenvalue weighted by Gasteiger charge is 2.12. The van der Waals surface area contributed by atoms with Gasteiger partial charge in [0.2, 0.25) is 0 Å². The average molecular weight is 435 g/mol. The third kappa shape index (κ3) is 2.63. The summed E-state index contributed by atoms with van der Waals surface area (Å²) in [6.07, 6.45) is 5.72. The summed E-state index contributed by atoms with van der Waals surface area (Å²) >= 11 is 9.84. The Balaban J connectivity index is 2.24. The summed E-state index contributed by atoms with van der Waals surface area (Å²) in [5, 5.41) is 2.32. The zero-order valence-corrected chi connectivity index (χ0v) is 14.8. The predicted octanol–water partition coefficient (Wildman–Crippen LogP) is 4.71. The molecule has 4 nitrogen and oxygen atoms in total. The van der Waals surface area contributed by atoms with Gasteiger partial charge in [0, 0.05) is 59.7 Å². The summed E-state index contributed by atoms with van der Waals surface area (Å²) in [5.74, 6) is 0.630. The van der Waals surface area contributed by atoms with E-state index in [4.69, 9.17) is 11.6 Å². The van der Waals surface area contributed by atoms with Gasteiger partial charge in [0.1, 0.15) is 10.2 Å². The molecule has 3 rings (SSSR count). The molecular weight excluding hydrogens is 427 g/mol. The fraction of sp³-hybridized carbons (Fsp3) is 0.0833. The molecule has 0 aliphatic carbocycles. The summed E-state index contributed by atoms with van der Waals surface area (Å²) < 4.78 is 2.00. The molecule has 0 bridgehead atoms. The van der Waals surface area contributed by atoms with Gasteiger partial charge in [0.25, 0.3) is 0 Å². The van der Waals surface area contributed by atoms with E-state index in [1.807, 2.05) is 28.6 Å². The molecule has 8 heteroatoms. The average Bonchev–Trinajstić information content (AvgIpc) is 2.89. The maximum absolute atomic E-state index is 6.07. The molecule has 0 aliphatic rings. The van der Waals surface area contributed by atoms with Gasteiger partial charge >= 0.3 is 0 Å². The molecule has 3 aromatic rings. The molecule has 0 radical (unpaired) electrons. The Kier molecular flexibility index (Phi) is 4.39. The summed E-state index contributed by atoms with van der Waals surface area (Å²) in [6, 6.07) is 5.70. The SMILES string of the molecule is CSc1cc(Cl)nc(-c2ccnc3c2ccn3SI)n1. The van der Waals surface area contributed by atoms with E-state index in [1.54, 1.807) is 33.1 Å². The quantitative estimate of drug-likeness (QED) is 0.339. The molecule has 3 heterocycles. The number of hydrogen-bond acceptors (Lipinski definition) is 5. The number of pyridine rings is 1. The molecular formula is C12H8ClIN4S2. The predicted molar refractivity (Wildman–Crippen MR) is 94.6 cm³/mol. The maximum atomic E-state index is 6.07. The van der Waals surface area contributed by atoms with Gasteiger partial charge in [0.15, 0.2) is 11.5 Å². The maximum Gasteiger partial charge on any atom is 0.162 e. The van der Waals surface area contributed by atoms with Crippen LogP contribution in [0.15, 0.2) is 35.6 Å². The van der Waals surface area contributed by atoms with Crippen LogP contribution >= 0.6 is 53.7 Å². The Morgan fingerprint density at radius 3 is 2.90 bits per heavy atom. The fourth-order valence-electron chi connectivity index (χ4n) is 1.89. The lowest BCUT2D eigenvalue weighted by Crippen LogP contribution is -1.93. The standard InChI is InChI=1S/C12H8ClIN4S2/c1-19-10-6-9(13)16-11(17-10)7-2-4-15-12-8(7)3-5-18(12)20-14/h2-6H,1H3. The molecule has 0 atom stereocenters. The van der Waals surface area contributed by atoms with E-state index in [9.17, 15) is 0 Å². The highest BCUT2D eigenvalue weighted by Crippen LogP contribution is 2.31. The number of rotatable bonds is 3. The molecule has 0 saturated carbocycles. The van der Waals surface area contributed by atoms with Gasteiger partial charge in [-0.2, -0.15) is 0 Å². The second kappa shape index (κ2) is 6.08. The Labute approximate surface area is 141 Å². The molecule has 3 aromatic heterocycles. The number of hydrogen-bond donors (Lipinski definition) is 0. The first-order chi connectivity index (χ1) is 9.72. The van der Waals surface area contributed by atoms with E-state index >= 15 is 0 Å². The van der Waals surface area contributed by atoms with E-state index in [0.29, 0.717) is 11.0 Å². The lowest BCUT2D eigenvalue weighted by atomic mass is 10.2. The van der Waals surface area contributed by atoms with Gasteiger partial charge in [-0.15, -0.1) is 11.8 Å². The molecule has 0 fully saturated rings. The van der Waals surface area contributed by atoms with E-state index in [-0.39, 0.29) is 0 Å². The van der Waals surface area contributed by atoms with Crippen LogP contribution in [0.5, 0.6) is 0 Å². The molecule has 0 saturated heterocycles. The number of fused-ring (bicyclic) bond motifs is 1. The van der Waals surface area contributed by atoms with Gasteiger partial charge in [-0.25, -0.2) is 15.0 Å². The number of aromatic nitrogens is 4. The summed E-state index contributed by atoms with van der Waals surface area (Å²) in [6.45, 7) is 0. The third-order valence-electron chi connectivity index (χ3n) is 2.75. The van der Waals surface area contributed by atoms with Gasteiger partial charge < -0.3 is 0 Å². The number of nitrogens with zero attached hydrogens (tertiary/aromatic N) is 4. The largest absolute Gasteiger partial charge is 0.266 e. The Hall–Kier alpha value is -0.510. The van der Waals surface area contributed by atoms with Crippen LogP contribution in [-0.4, -0.2) is 25.2 Å². The molecule has 102 valence electrons. The molecule has 0 spiro atoms.